The molecule has 7 heteroatoms. The summed E-state index contributed by atoms with van der Waals surface area (Å²) in [5, 5.41) is 8.85. The van der Waals surface area contributed by atoms with Crippen LogP contribution in [0.4, 0.5) is 0 Å². The molecule has 6 nitrogen and oxygen atoms in total. The number of cyclic esters (lactones) is 1. The van der Waals surface area contributed by atoms with Crippen LogP contribution < -0.4 is 0 Å². The summed E-state index contributed by atoms with van der Waals surface area (Å²) in [7, 11) is 0. The molecule has 0 aliphatic carbocycles. The number of hydrogen-bond donors (Lipinski definition) is 1. The van der Waals surface area contributed by atoms with E-state index in [-0.39, 0.29) is 31.4 Å². The maximum absolute atomic E-state index is 11.9. The monoisotopic (exact) mass is 309 g/mol. The van der Waals surface area contributed by atoms with Gasteiger partial charge in [-0.1, -0.05) is 13.8 Å². The van der Waals surface area contributed by atoms with Gasteiger partial charge in [-0.2, -0.15) is 0 Å². The molecule has 0 radical (unpaired) electrons. The number of ether oxygens (including phenoxy) is 2. The zero-order valence-electron chi connectivity index (χ0n) is 12.5. The van der Waals surface area contributed by atoms with Gasteiger partial charge >= 0.3 is 5.97 Å². The number of esters is 1. The van der Waals surface area contributed by atoms with Gasteiger partial charge in [-0.05, 0) is 0 Å². The van der Waals surface area contributed by atoms with Gasteiger partial charge in [0, 0.05) is 32.8 Å². The Kier molecular flexibility index (Phi) is 8.76. The number of carbonyl (C=O) groups is 2. The lowest BCUT2D eigenvalue weighted by Gasteiger charge is -2.21. The molecule has 1 N–H and O–H groups in total. The van der Waals surface area contributed by atoms with Crippen LogP contribution in [-0.4, -0.2) is 59.4 Å². The Labute approximate surface area is 125 Å². The molecular weight excluding hydrogens is 286 g/mol. The van der Waals surface area contributed by atoms with Crippen molar-refractivity contribution in [3.63, 3.8) is 0 Å². The lowest BCUT2D eigenvalue weighted by molar-refractivity contribution is -0.161. The average molecular weight is 310 g/mol. The SMILES string of the molecule is CC.CC1(C)OC(=O)C(CC(=O)N(CCO)CCCl)O1. The molecule has 1 fully saturated rings. The van der Waals surface area contributed by atoms with E-state index >= 15 is 0 Å². The molecule has 1 heterocycles. The van der Waals surface area contributed by atoms with E-state index in [1.807, 2.05) is 13.8 Å². The number of rotatable bonds is 6. The molecule has 0 aromatic carbocycles. The van der Waals surface area contributed by atoms with Crippen LogP contribution in [-0.2, 0) is 19.1 Å². The van der Waals surface area contributed by atoms with Crippen LogP contribution in [0.15, 0.2) is 0 Å². The van der Waals surface area contributed by atoms with Crippen molar-refractivity contribution < 1.29 is 24.2 Å². The second-order valence-corrected chi connectivity index (χ2v) is 4.80. The van der Waals surface area contributed by atoms with Crippen molar-refractivity contribution in [2.45, 2.75) is 46.0 Å². The van der Waals surface area contributed by atoms with Crippen LogP contribution in [0.1, 0.15) is 34.1 Å². The fourth-order valence-corrected chi connectivity index (χ4v) is 1.92. The lowest BCUT2D eigenvalue weighted by atomic mass is 10.2. The summed E-state index contributed by atoms with van der Waals surface area (Å²) < 4.78 is 10.3. The van der Waals surface area contributed by atoms with Gasteiger partial charge in [-0.25, -0.2) is 4.79 Å². The number of aliphatic hydroxyl groups excluding tert-OH is 1. The predicted molar refractivity (Wildman–Crippen MR) is 75.4 cm³/mol. The third kappa shape index (κ3) is 6.07. The standard InChI is InChI=1S/C11H18ClNO5.C2H6/c1-11(2)17-8(10(16)18-11)7-9(15)13(4-3-12)5-6-14;1-2/h8,14H,3-7H2,1-2H3;1-2H3. The predicted octanol–water partition coefficient (Wildman–Crippen LogP) is 1.14. The van der Waals surface area contributed by atoms with E-state index in [1.54, 1.807) is 13.8 Å². The average Bonchev–Trinajstić information content (AvgIpc) is 2.64. The van der Waals surface area contributed by atoms with Crippen molar-refractivity contribution in [2.24, 2.45) is 0 Å². The van der Waals surface area contributed by atoms with Gasteiger partial charge in [0.15, 0.2) is 6.10 Å². The topological polar surface area (TPSA) is 76.1 Å². The van der Waals surface area contributed by atoms with Gasteiger partial charge in [-0.15, -0.1) is 11.6 Å². The van der Waals surface area contributed by atoms with Crippen molar-refractivity contribution in [3.05, 3.63) is 0 Å². The van der Waals surface area contributed by atoms with E-state index in [1.165, 1.54) is 4.90 Å². The maximum Gasteiger partial charge on any atom is 0.338 e. The van der Waals surface area contributed by atoms with Crippen molar-refractivity contribution in [1.82, 2.24) is 4.90 Å². The molecule has 0 spiro atoms. The number of hydrogen-bond acceptors (Lipinski definition) is 5. The molecule has 1 aliphatic rings. The number of halogens is 1. The first-order chi connectivity index (χ1) is 9.39. The minimum atomic E-state index is -0.990. The minimum Gasteiger partial charge on any atom is -0.432 e. The smallest absolute Gasteiger partial charge is 0.338 e. The van der Waals surface area contributed by atoms with Gasteiger partial charge in [0.05, 0.1) is 13.0 Å². The number of nitrogens with zero attached hydrogens (tertiary/aromatic N) is 1. The Balaban J connectivity index is 0.00000172. The van der Waals surface area contributed by atoms with Gasteiger partial charge in [0.2, 0.25) is 11.7 Å². The van der Waals surface area contributed by atoms with Crippen LogP contribution in [0.25, 0.3) is 0 Å². The Bertz CT molecular complexity index is 316. The van der Waals surface area contributed by atoms with Crippen LogP contribution >= 0.6 is 11.6 Å². The molecule has 1 saturated heterocycles. The highest BCUT2D eigenvalue weighted by atomic mass is 35.5. The fourth-order valence-electron chi connectivity index (χ4n) is 1.72. The van der Waals surface area contributed by atoms with Gasteiger partial charge < -0.3 is 19.5 Å². The van der Waals surface area contributed by atoms with Crippen LogP contribution in [0.3, 0.4) is 0 Å². The summed E-state index contributed by atoms with van der Waals surface area (Å²) in [6, 6.07) is 0. The second kappa shape index (κ2) is 9.15. The zero-order chi connectivity index (χ0) is 15.8. The van der Waals surface area contributed by atoms with Crippen LogP contribution in [0.2, 0.25) is 0 Å². The third-order valence-corrected chi connectivity index (χ3v) is 2.64. The number of amides is 1. The normalized spacial score (nSPS) is 19.9. The molecule has 118 valence electrons. The first-order valence-corrected chi connectivity index (χ1v) is 7.28. The summed E-state index contributed by atoms with van der Waals surface area (Å²) in [5.41, 5.74) is 0. The van der Waals surface area contributed by atoms with E-state index in [4.69, 9.17) is 26.2 Å². The van der Waals surface area contributed by atoms with Crippen molar-refractivity contribution >= 4 is 23.5 Å². The Morgan fingerprint density at radius 1 is 1.40 bits per heavy atom. The highest BCUT2D eigenvalue weighted by Gasteiger charge is 2.42. The maximum atomic E-state index is 11.9. The molecule has 0 saturated carbocycles. The summed E-state index contributed by atoms with van der Waals surface area (Å²) in [4.78, 5) is 24.8. The molecule has 1 atom stereocenters. The van der Waals surface area contributed by atoms with Crippen molar-refractivity contribution in [2.75, 3.05) is 25.6 Å². The molecule has 1 amide bonds. The number of aliphatic hydroxyl groups is 1. The minimum absolute atomic E-state index is 0.0981. The third-order valence-electron chi connectivity index (χ3n) is 2.47. The molecule has 1 rings (SSSR count). The molecule has 0 bridgehead atoms. The van der Waals surface area contributed by atoms with E-state index in [2.05, 4.69) is 0 Å². The van der Waals surface area contributed by atoms with Gasteiger partial charge in [0.1, 0.15) is 0 Å². The summed E-state index contributed by atoms with van der Waals surface area (Å²) >= 11 is 5.57. The Morgan fingerprint density at radius 2 is 2.00 bits per heavy atom. The number of alkyl halides is 1. The van der Waals surface area contributed by atoms with E-state index in [9.17, 15) is 9.59 Å². The summed E-state index contributed by atoms with van der Waals surface area (Å²) in [6.07, 6.45) is -0.983. The van der Waals surface area contributed by atoms with Gasteiger partial charge in [0.25, 0.3) is 0 Å². The highest BCUT2D eigenvalue weighted by Crippen LogP contribution is 2.25. The van der Waals surface area contributed by atoms with E-state index < -0.39 is 17.9 Å². The first kappa shape index (κ1) is 19.1. The molecular formula is C13H24ClNO5. The van der Waals surface area contributed by atoms with Crippen LogP contribution in [0.5, 0.6) is 0 Å². The quantitative estimate of drug-likeness (QED) is 0.588. The van der Waals surface area contributed by atoms with Gasteiger partial charge in [-0.3, -0.25) is 4.79 Å². The first-order valence-electron chi connectivity index (χ1n) is 6.75. The Morgan fingerprint density at radius 3 is 2.40 bits per heavy atom. The fraction of sp³-hybridized carbons (Fsp3) is 0.846. The van der Waals surface area contributed by atoms with E-state index in [0.717, 1.165) is 0 Å². The zero-order valence-corrected chi connectivity index (χ0v) is 13.3. The van der Waals surface area contributed by atoms with Crippen LogP contribution in [0, 0.1) is 0 Å². The summed E-state index contributed by atoms with van der Waals surface area (Å²) in [5.74, 6) is -1.55. The highest BCUT2D eigenvalue weighted by molar-refractivity contribution is 6.18. The largest absolute Gasteiger partial charge is 0.432 e. The summed E-state index contributed by atoms with van der Waals surface area (Å²) in [6.45, 7) is 7.59. The van der Waals surface area contributed by atoms with E-state index in [0.29, 0.717) is 6.54 Å². The second-order valence-electron chi connectivity index (χ2n) is 4.42. The van der Waals surface area contributed by atoms with Crippen molar-refractivity contribution in [1.29, 1.82) is 0 Å². The molecule has 0 aromatic heterocycles. The number of carbonyl (C=O) groups excluding carboxylic acids is 2. The molecule has 1 unspecified atom stereocenters. The molecule has 20 heavy (non-hydrogen) atoms. The molecule has 1 aliphatic heterocycles. The molecule has 0 aromatic rings. The lowest BCUT2D eigenvalue weighted by Crippen LogP contribution is -2.38. The van der Waals surface area contributed by atoms with Crippen molar-refractivity contribution in [3.8, 4) is 0 Å². The Hall–Kier alpha value is -0.850.